The summed E-state index contributed by atoms with van der Waals surface area (Å²) in [5, 5.41) is 3.48. The van der Waals surface area contributed by atoms with E-state index in [-0.39, 0.29) is 16.7 Å². The van der Waals surface area contributed by atoms with Crippen molar-refractivity contribution in [3.63, 3.8) is 0 Å². The van der Waals surface area contributed by atoms with Crippen LogP contribution in [0, 0.1) is 18.6 Å². The molecule has 21 heavy (non-hydrogen) atoms. The van der Waals surface area contributed by atoms with Crippen LogP contribution in [0.2, 0.25) is 5.02 Å². The molecule has 0 radical (unpaired) electrons. The lowest BCUT2D eigenvalue weighted by Gasteiger charge is -2.21. The predicted octanol–water partition coefficient (Wildman–Crippen LogP) is 5.39. The summed E-state index contributed by atoms with van der Waals surface area (Å²) >= 11 is 9.39. The molecule has 0 aromatic heterocycles. The maximum absolute atomic E-state index is 14.2. The van der Waals surface area contributed by atoms with Gasteiger partial charge >= 0.3 is 0 Å². The Kier molecular flexibility index (Phi) is 5.36. The SMILES string of the molecule is CCNC(c1ccc(Br)cc1F)c1cc(C)c(F)cc1Cl. The molecule has 0 aliphatic carbocycles. The van der Waals surface area contributed by atoms with Crippen LogP contribution in [0.15, 0.2) is 34.8 Å². The number of benzene rings is 2. The second-order valence-corrected chi connectivity index (χ2v) is 6.10. The molecule has 1 atom stereocenters. The van der Waals surface area contributed by atoms with E-state index < -0.39 is 6.04 Å². The minimum absolute atomic E-state index is 0.284. The summed E-state index contributed by atoms with van der Waals surface area (Å²) in [7, 11) is 0. The highest BCUT2D eigenvalue weighted by molar-refractivity contribution is 9.10. The van der Waals surface area contributed by atoms with E-state index in [1.54, 1.807) is 25.1 Å². The molecule has 0 amide bonds. The summed E-state index contributed by atoms with van der Waals surface area (Å²) < 4.78 is 28.5. The Balaban J connectivity index is 2.55. The van der Waals surface area contributed by atoms with Gasteiger partial charge in [-0.3, -0.25) is 0 Å². The Labute approximate surface area is 136 Å². The first-order chi connectivity index (χ1) is 9.93. The number of rotatable bonds is 4. The van der Waals surface area contributed by atoms with Gasteiger partial charge in [-0.2, -0.15) is 0 Å². The van der Waals surface area contributed by atoms with Gasteiger partial charge in [0.2, 0.25) is 0 Å². The van der Waals surface area contributed by atoms with E-state index in [2.05, 4.69) is 21.2 Å². The van der Waals surface area contributed by atoms with Crippen LogP contribution in [0.25, 0.3) is 0 Å². The zero-order valence-corrected chi connectivity index (χ0v) is 14.0. The van der Waals surface area contributed by atoms with Crippen LogP contribution in [0.3, 0.4) is 0 Å². The van der Waals surface area contributed by atoms with Crippen LogP contribution >= 0.6 is 27.5 Å². The highest BCUT2D eigenvalue weighted by Crippen LogP contribution is 2.32. The zero-order chi connectivity index (χ0) is 15.6. The normalized spacial score (nSPS) is 12.5. The van der Waals surface area contributed by atoms with Crippen molar-refractivity contribution in [1.82, 2.24) is 5.32 Å². The van der Waals surface area contributed by atoms with Gasteiger partial charge in [0.15, 0.2) is 0 Å². The lowest BCUT2D eigenvalue weighted by Crippen LogP contribution is -2.23. The minimum atomic E-state index is -0.421. The van der Waals surface area contributed by atoms with Gasteiger partial charge in [0.25, 0.3) is 0 Å². The van der Waals surface area contributed by atoms with Gasteiger partial charge in [0.05, 0.1) is 6.04 Å². The van der Waals surface area contributed by atoms with Crippen molar-refractivity contribution in [1.29, 1.82) is 0 Å². The Bertz CT molecular complexity index is 661. The van der Waals surface area contributed by atoms with E-state index in [1.807, 2.05) is 6.92 Å². The summed E-state index contributed by atoms with van der Waals surface area (Å²) in [4.78, 5) is 0. The maximum atomic E-state index is 14.2. The number of hydrogen-bond acceptors (Lipinski definition) is 1. The average Bonchev–Trinajstić information content (AvgIpc) is 2.41. The number of hydrogen-bond donors (Lipinski definition) is 1. The molecule has 0 bridgehead atoms. The number of nitrogens with one attached hydrogen (secondary N) is 1. The molecule has 5 heteroatoms. The second kappa shape index (κ2) is 6.86. The molecule has 1 N–H and O–H groups in total. The van der Waals surface area contributed by atoms with Crippen molar-refractivity contribution in [2.45, 2.75) is 19.9 Å². The fraction of sp³-hybridized carbons (Fsp3) is 0.250. The molecule has 112 valence electrons. The van der Waals surface area contributed by atoms with Gasteiger partial charge in [-0.15, -0.1) is 0 Å². The van der Waals surface area contributed by atoms with Crippen molar-refractivity contribution in [2.24, 2.45) is 0 Å². The number of aryl methyl sites for hydroxylation is 1. The Hall–Kier alpha value is -0.970. The highest BCUT2D eigenvalue weighted by Gasteiger charge is 2.21. The summed E-state index contributed by atoms with van der Waals surface area (Å²) in [5.41, 5.74) is 1.63. The topological polar surface area (TPSA) is 12.0 Å². The van der Waals surface area contributed by atoms with Crippen LogP contribution in [0.4, 0.5) is 8.78 Å². The first-order valence-corrected chi connectivity index (χ1v) is 7.75. The van der Waals surface area contributed by atoms with Crippen molar-refractivity contribution >= 4 is 27.5 Å². The van der Waals surface area contributed by atoms with Crippen LogP contribution in [0.5, 0.6) is 0 Å². The molecule has 1 nitrogen and oxygen atoms in total. The predicted molar refractivity (Wildman–Crippen MR) is 85.8 cm³/mol. The molecular formula is C16H15BrClF2N. The Morgan fingerprint density at radius 1 is 1.14 bits per heavy atom. The third kappa shape index (κ3) is 3.62. The Morgan fingerprint density at radius 3 is 2.48 bits per heavy atom. The van der Waals surface area contributed by atoms with Crippen molar-refractivity contribution in [2.75, 3.05) is 6.54 Å². The summed E-state index contributed by atoms with van der Waals surface area (Å²) in [6, 6.07) is 7.38. The van der Waals surface area contributed by atoms with Crippen LogP contribution < -0.4 is 5.32 Å². The molecular weight excluding hydrogens is 360 g/mol. The quantitative estimate of drug-likeness (QED) is 0.757. The lowest BCUT2D eigenvalue weighted by molar-refractivity contribution is 0.556. The smallest absolute Gasteiger partial charge is 0.129 e. The van der Waals surface area contributed by atoms with Gasteiger partial charge < -0.3 is 5.32 Å². The van der Waals surface area contributed by atoms with E-state index in [1.165, 1.54) is 12.1 Å². The fourth-order valence-electron chi connectivity index (χ4n) is 2.23. The minimum Gasteiger partial charge on any atom is -0.306 e. The Morgan fingerprint density at radius 2 is 1.86 bits per heavy atom. The molecule has 2 rings (SSSR count). The number of halogens is 4. The third-order valence-corrected chi connectivity index (χ3v) is 4.09. The zero-order valence-electron chi connectivity index (χ0n) is 11.7. The first-order valence-electron chi connectivity index (χ1n) is 6.58. The van der Waals surface area contributed by atoms with E-state index in [0.717, 1.165) is 0 Å². The molecule has 0 heterocycles. The highest BCUT2D eigenvalue weighted by atomic mass is 79.9. The van der Waals surface area contributed by atoms with E-state index in [0.29, 0.717) is 27.7 Å². The third-order valence-electron chi connectivity index (χ3n) is 3.27. The summed E-state index contributed by atoms with van der Waals surface area (Å²) in [6.07, 6.45) is 0. The van der Waals surface area contributed by atoms with Gasteiger partial charge in [0, 0.05) is 15.1 Å². The lowest BCUT2D eigenvalue weighted by atomic mass is 9.96. The molecule has 0 fully saturated rings. The van der Waals surface area contributed by atoms with Crippen LogP contribution in [-0.2, 0) is 0 Å². The van der Waals surface area contributed by atoms with E-state index in [4.69, 9.17) is 11.6 Å². The monoisotopic (exact) mass is 373 g/mol. The molecule has 0 saturated carbocycles. The summed E-state index contributed by atoms with van der Waals surface area (Å²) in [5.74, 6) is -0.705. The van der Waals surface area contributed by atoms with Crippen molar-refractivity contribution in [3.05, 3.63) is 68.2 Å². The van der Waals surface area contributed by atoms with Crippen LogP contribution in [-0.4, -0.2) is 6.54 Å². The van der Waals surface area contributed by atoms with Crippen molar-refractivity contribution in [3.8, 4) is 0 Å². The van der Waals surface area contributed by atoms with Gasteiger partial charge in [-0.05, 0) is 48.9 Å². The van der Waals surface area contributed by atoms with E-state index in [9.17, 15) is 8.78 Å². The van der Waals surface area contributed by atoms with Crippen LogP contribution in [0.1, 0.15) is 29.7 Å². The molecule has 0 aliphatic rings. The first kappa shape index (κ1) is 16.4. The van der Waals surface area contributed by atoms with Gasteiger partial charge in [-0.25, -0.2) is 8.78 Å². The molecule has 0 spiro atoms. The largest absolute Gasteiger partial charge is 0.306 e. The molecule has 1 unspecified atom stereocenters. The summed E-state index contributed by atoms with van der Waals surface area (Å²) in [6.45, 7) is 4.22. The second-order valence-electron chi connectivity index (χ2n) is 4.78. The maximum Gasteiger partial charge on any atom is 0.129 e. The van der Waals surface area contributed by atoms with Crippen molar-refractivity contribution < 1.29 is 8.78 Å². The molecule has 0 aliphatic heterocycles. The molecule has 2 aromatic carbocycles. The standard InChI is InChI=1S/C16H15BrClF2N/c1-3-21-16(11-5-4-10(17)7-15(11)20)12-6-9(2)14(19)8-13(12)18/h4-8,16,21H,3H2,1-2H3. The molecule has 2 aromatic rings. The fourth-order valence-corrected chi connectivity index (χ4v) is 2.82. The van der Waals surface area contributed by atoms with Gasteiger partial charge in [0.1, 0.15) is 11.6 Å². The van der Waals surface area contributed by atoms with E-state index >= 15 is 0 Å². The molecule has 0 saturated heterocycles. The van der Waals surface area contributed by atoms with Gasteiger partial charge in [-0.1, -0.05) is 40.5 Å². The average molecular weight is 375 g/mol.